The minimum Gasteiger partial charge on any atom is -0.347 e. The Morgan fingerprint density at radius 1 is 1.17 bits per heavy atom. The second-order valence-electron chi connectivity index (χ2n) is 6.79. The molecule has 126 valence electrons. The molecule has 1 aromatic rings. The van der Waals surface area contributed by atoms with Crippen LogP contribution >= 0.6 is 0 Å². The lowest BCUT2D eigenvalue weighted by molar-refractivity contribution is -0.185. The Balaban J connectivity index is 1.43. The van der Waals surface area contributed by atoms with Gasteiger partial charge in [-0.3, -0.25) is 4.79 Å². The van der Waals surface area contributed by atoms with Crippen LogP contribution < -0.4 is 0 Å². The fourth-order valence-corrected chi connectivity index (χ4v) is 3.54. The van der Waals surface area contributed by atoms with Gasteiger partial charge in [0.15, 0.2) is 11.6 Å². The minimum absolute atomic E-state index is 0.266. The number of piperidine rings is 1. The molecule has 23 heavy (non-hydrogen) atoms. The average Bonchev–Trinajstić information content (AvgIpc) is 3.00. The van der Waals surface area contributed by atoms with Gasteiger partial charge in [-0.15, -0.1) is 0 Å². The summed E-state index contributed by atoms with van der Waals surface area (Å²) in [5, 5.41) is 0. The zero-order valence-electron chi connectivity index (χ0n) is 14.3. The first kappa shape index (κ1) is 16.6. The van der Waals surface area contributed by atoms with Crippen molar-refractivity contribution in [2.45, 2.75) is 45.3 Å². The molecule has 2 saturated heterocycles. The van der Waals surface area contributed by atoms with Crippen molar-refractivity contribution in [3.8, 4) is 0 Å². The number of ether oxygens (including phenoxy) is 2. The number of rotatable bonds is 5. The predicted molar refractivity (Wildman–Crippen MR) is 89.8 cm³/mol. The smallest absolute Gasteiger partial charge is 0.170 e. The summed E-state index contributed by atoms with van der Waals surface area (Å²) in [5.74, 6) is -0.0347. The van der Waals surface area contributed by atoms with Crippen LogP contribution in [-0.2, 0) is 9.47 Å². The van der Waals surface area contributed by atoms with Crippen LogP contribution in [-0.4, -0.2) is 49.3 Å². The zero-order valence-corrected chi connectivity index (χ0v) is 14.3. The highest BCUT2D eigenvalue weighted by Crippen LogP contribution is 2.31. The third-order valence-corrected chi connectivity index (χ3v) is 5.00. The first-order chi connectivity index (χ1) is 11.1. The van der Waals surface area contributed by atoms with Crippen LogP contribution in [0.25, 0.3) is 0 Å². The molecule has 0 unspecified atom stereocenters. The fraction of sp³-hybridized carbons (Fsp3) is 0.632. The molecule has 1 aromatic carbocycles. The Labute approximate surface area is 138 Å². The topological polar surface area (TPSA) is 38.8 Å². The number of nitrogens with zero attached hydrogens (tertiary/aromatic N) is 1. The van der Waals surface area contributed by atoms with E-state index in [-0.39, 0.29) is 11.6 Å². The molecule has 0 atom stereocenters. The summed E-state index contributed by atoms with van der Waals surface area (Å²) in [6, 6.07) is 6.11. The number of Topliss-reactive ketones (excluding diaryl/α,β-unsaturated/α-hetero) is 1. The minimum atomic E-state index is -0.301. The van der Waals surface area contributed by atoms with E-state index < -0.39 is 0 Å². The Bertz CT molecular complexity index is 554. The number of likely N-dealkylation sites (tertiary alicyclic amines) is 1. The van der Waals surface area contributed by atoms with Gasteiger partial charge < -0.3 is 14.4 Å². The van der Waals surface area contributed by atoms with Gasteiger partial charge in [-0.2, -0.15) is 0 Å². The normalized spacial score (nSPS) is 21.0. The van der Waals surface area contributed by atoms with E-state index >= 15 is 0 Å². The third kappa shape index (κ3) is 4.00. The van der Waals surface area contributed by atoms with Crippen LogP contribution in [0, 0.1) is 13.8 Å². The Hall–Kier alpha value is -1.23. The monoisotopic (exact) mass is 317 g/mol. The quantitative estimate of drug-likeness (QED) is 0.782. The molecule has 0 saturated carbocycles. The second kappa shape index (κ2) is 7.12. The molecule has 2 fully saturated rings. The van der Waals surface area contributed by atoms with Crippen LogP contribution in [0.5, 0.6) is 0 Å². The zero-order chi connectivity index (χ0) is 16.3. The van der Waals surface area contributed by atoms with Crippen molar-refractivity contribution >= 4 is 5.78 Å². The van der Waals surface area contributed by atoms with Gasteiger partial charge in [0.05, 0.1) is 13.2 Å². The lowest BCUT2D eigenvalue weighted by Crippen LogP contribution is -2.45. The first-order valence-corrected chi connectivity index (χ1v) is 8.69. The summed E-state index contributed by atoms with van der Waals surface area (Å²) < 4.78 is 11.5. The number of aryl methyl sites for hydroxylation is 2. The van der Waals surface area contributed by atoms with Crippen molar-refractivity contribution in [1.29, 1.82) is 0 Å². The van der Waals surface area contributed by atoms with E-state index in [1.165, 1.54) is 0 Å². The van der Waals surface area contributed by atoms with E-state index in [1.54, 1.807) is 0 Å². The van der Waals surface area contributed by atoms with Gasteiger partial charge in [0.25, 0.3) is 0 Å². The van der Waals surface area contributed by atoms with Crippen molar-refractivity contribution in [3.63, 3.8) is 0 Å². The van der Waals surface area contributed by atoms with Crippen molar-refractivity contribution in [3.05, 3.63) is 34.9 Å². The summed E-state index contributed by atoms with van der Waals surface area (Å²) in [6.07, 6.45) is 3.43. The third-order valence-electron chi connectivity index (χ3n) is 5.00. The number of ketones is 1. The maximum absolute atomic E-state index is 12.4. The van der Waals surface area contributed by atoms with Crippen LogP contribution in [0.4, 0.5) is 0 Å². The number of benzene rings is 1. The van der Waals surface area contributed by atoms with E-state index in [0.717, 1.165) is 68.8 Å². The van der Waals surface area contributed by atoms with Crippen molar-refractivity contribution in [2.75, 3.05) is 32.8 Å². The summed E-state index contributed by atoms with van der Waals surface area (Å²) in [4.78, 5) is 14.8. The standard InChI is InChI=1S/C19H27NO3/c1-15-5-6-16(2)17(14-15)18(21)4-3-9-20-10-7-19(8-11-20)22-12-13-23-19/h5-6,14H,3-4,7-13H2,1-2H3. The molecule has 2 heterocycles. The van der Waals surface area contributed by atoms with Crippen molar-refractivity contribution in [2.24, 2.45) is 0 Å². The van der Waals surface area contributed by atoms with E-state index in [2.05, 4.69) is 11.0 Å². The molecule has 4 nitrogen and oxygen atoms in total. The van der Waals surface area contributed by atoms with Crippen molar-refractivity contribution in [1.82, 2.24) is 4.90 Å². The van der Waals surface area contributed by atoms with Gasteiger partial charge in [-0.1, -0.05) is 17.7 Å². The fourth-order valence-electron chi connectivity index (χ4n) is 3.54. The lowest BCUT2D eigenvalue weighted by atomic mass is 9.99. The molecule has 0 radical (unpaired) electrons. The molecule has 0 aliphatic carbocycles. The maximum Gasteiger partial charge on any atom is 0.170 e. The van der Waals surface area contributed by atoms with Crippen LogP contribution in [0.2, 0.25) is 0 Å². The van der Waals surface area contributed by atoms with Crippen LogP contribution in [0.3, 0.4) is 0 Å². The van der Waals surface area contributed by atoms with E-state index in [4.69, 9.17) is 9.47 Å². The van der Waals surface area contributed by atoms with Gasteiger partial charge in [0.2, 0.25) is 0 Å². The first-order valence-electron chi connectivity index (χ1n) is 8.69. The average molecular weight is 317 g/mol. The van der Waals surface area contributed by atoms with E-state index in [0.29, 0.717) is 6.42 Å². The Kier molecular flexibility index (Phi) is 5.14. The van der Waals surface area contributed by atoms with Gasteiger partial charge in [-0.25, -0.2) is 0 Å². The van der Waals surface area contributed by atoms with E-state index in [9.17, 15) is 4.79 Å². The largest absolute Gasteiger partial charge is 0.347 e. The number of carbonyl (C=O) groups is 1. The molecule has 2 aliphatic rings. The highest BCUT2D eigenvalue weighted by Gasteiger charge is 2.39. The van der Waals surface area contributed by atoms with Gasteiger partial charge in [0.1, 0.15) is 0 Å². The predicted octanol–water partition coefficient (Wildman–Crippen LogP) is 3.11. The molecule has 3 rings (SSSR count). The van der Waals surface area contributed by atoms with Gasteiger partial charge >= 0.3 is 0 Å². The molecule has 0 N–H and O–H groups in total. The highest BCUT2D eigenvalue weighted by molar-refractivity contribution is 5.97. The molecule has 4 heteroatoms. The molecule has 0 bridgehead atoms. The number of hydrogen-bond acceptors (Lipinski definition) is 4. The highest BCUT2D eigenvalue weighted by atomic mass is 16.7. The summed E-state index contributed by atoms with van der Waals surface area (Å²) in [6.45, 7) is 8.47. The molecular formula is C19H27NO3. The molecule has 0 amide bonds. The second-order valence-corrected chi connectivity index (χ2v) is 6.79. The molecule has 1 spiro atoms. The number of carbonyl (C=O) groups excluding carboxylic acids is 1. The van der Waals surface area contributed by atoms with Gasteiger partial charge in [-0.05, 0) is 38.4 Å². The number of hydrogen-bond donors (Lipinski definition) is 0. The van der Waals surface area contributed by atoms with Crippen molar-refractivity contribution < 1.29 is 14.3 Å². The molecule has 0 aromatic heterocycles. The lowest BCUT2D eigenvalue weighted by Gasteiger charge is -2.37. The van der Waals surface area contributed by atoms with Crippen LogP contribution in [0.1, 0.15) is 47.2 Å². The Morgan fingerprint density at radius 3 is 2.57 bits per heavy atom. The molecular weight excluding hydrogens is 290 g/mol. The maximum atomic E-state index is 12.4. The summed E-state index contributed by atoms with van der Waals surface area (Å²) in [7, 11) is 0. The van der Waals surface area contributed by atoms with Crippen LogP contribution in [0.15, 0.2) is 18.2 Å². The SMILES string of the molecule is Cc1ccc(C)c(C(=O)CCCN2CCC3(CC2)OCCO3)c1. The Morgan fingerprint density at radius 2 is 1.87 bits per heavy atom. The summed E-state index contributed by atoms with van der Waals surface area (Å²) >= 11 is 0. The summed E-state index contributed by atoms with van der Waals surface area (Å²) in [5.41, 5.74) is 3.11. The van der Waals surface area contributed by atoms with Gasteiger partial charge in [0, 0.05) is 37.9 Å². The molecule has 2 aliphatic heterocycles. The van der Waals surface area contributed by atoms with E-state index in [1.807, 2.05) is 26.0 Å².